The van der Waals surface area contributed by atoms with Gasteiger partial charge in [-0.3, -0.25) is 14.7 Å². The zero-order valence-electron chi connectivity index (χ0n) is 22.8. The van der Waals surface area contributed by atoms with Crippen molar-refractivity contribution < 1.29 is 18.7 Å². The third-order valence-electron chi connectivity index (χ3n) is 7.68. The molecule has 0 radical (unpaired) electrons. The highest BCUT2D eigenvalue weighted by molar-refractivity contribution is 7.11. The number of esters is 1. The average Bonchev–Trinajstić information content (AvgIpc) is 3.32. The largest absolute Gasteiger partial charge is 0.466 e. The van der Waals surface area contributed by atoms with Crippen molar-refractivity contribution in [3.8, 4) is 0 Å². The molecule has 1 saturated carbocycles. The van der Waals surface area contributed by atoms with E-state index in [4.69, 9.17) is 21.3 Å². The molecule has 11 heteroatoms. The van der Waals surface area contributed by atoms with Crippen LogP contribution in [0.2, 0.25) is 5.02 Å². The molecule has 3 aliphatic rings. The lowest BCUT2D eigenvalue weighted by molar-refractivity contribution is -0.136. The second kappa shape index (κ2) is 10.6. The summed E-state index contributed by atoms with van der Waals surface area (Å²) < 4.78 is 19.2. The van der Waals surface area contributed by atoms with E-state index < -0.39 is 17.8 Å². The number of nitrogens with one attached hydrogen (secondary N) is 1. The van der Waals surface area contributed by atoms with Crippen molar-refractivity contribution in [3.05, 3.63) is 62.0 Å². The fourth-order valence-electron chi connectivity index (χ4n) is 5.56. The van der Waals surface area contributed by atoms with Crippen LogP contribution < -0.4 is 5.32 Å². The van der Waals surface area contributed by atoms with Crippen molar-refractivity contribution >= 4 is 40.6 Å². The van der Waals surface area contributed by atoms with E-state index in [0.29, 0.717) is 34.2 Å². The van der Waals surface area contributed by atoms with Crippen LogP contribution >= 0.6 is 22.9 Å². The van der Waals surface area contributed by atoms with Crippen LogP contribution in [0.25, 0.3) is 0 Å². The Kier molecular flexibility index (Phi) is 7.56. The van der Waals surface area contributed by atoms with E-state index in [1.54, 1.807) is 6.07 Å². The Balaban J connectivity index is 1.62. The number of halogens is 2. The average molecular weight is 574 g/mol. The van der Waals surface area contributed by atoms with Gasteiger partial charge in [0.1, 0.15) is 11.9 Å². The van der Waals surface area contributed by atoms with Crippen LogP contribution in [0.15, 0.2) is 39.8 Å². The zero-order chi connectivity index (χ0) is 28.1. The minimum atomic E-state index is -0.837. The fourth-order valence-corrected chi connectivity index (χ4v) is 6.65. The smallest absolute Gasteiger partial charge is 0.338 e. The van der Waals surface area contributed by atoms with E-state index in [-0.39, 0.29) is 28.4 Å². The van der Waals surface area contributed by atoms with E-state index >= 15 is 0 Å². The molecule has 2 atom stereocenters. The minimum Gasteiger partial charge on any atom is -0.466 e. The first-order valence-corrected chi connectivity index (χ1v) is 14.3. The molecular weight excluding hydrogens is 541 g/mol. The predicted octanol–water partition coefficient (Wildman–Crippen LogP) is 4.48. The van der Waals surface area contributed by atoms with Crippen LogP contribution in [0.3, 0.4) is 0 Å². The number of carbonyl (C=O) groups is 2. The molecule has 1 saturated heterocycles. The van der Waals surface area contributed by atoms with Gasteiger partial charge < -0.3 is 15.0 Å². The van der Waals surface area contributed by atoms with Gasteiger partial charge in [0.15, 0.2) is 10.8 Å². The molecule has 1 amide bonds. The molecular formula is C28H33ClFN5O3S. The molecule has 0 unspecified atom stereocenters. The minimum absolute atomic E-state index is 0.00461. The first kappa shape index (κ1) is 27.7. The van der Waals surface area contributed by atoms with Crippen LogP contribution in [-0.4, -0.2) is 71.8 Å². The number of carbonyl (C=O) groups excluding carboxylic acids is 2. The lowest BCUT2D eigenvalue weighted by Crippen LogP contribution is -2.48. The summed E-state index contributed by atoms with van der Waals surface area (Å²) in [6.07, 6.45) is 2.97. The lowest BCUT2D eigenvalue weighted by Gasteiger charge is -2.36. The standard InChI is InChI=1S/C28H33ClFN5O3S/c1-15(2)31-25(36)20-11-28(8-9-28)14-35(20)12-21-22(27(37)38-5)23(18-7-6-17(30)10-19(18)29)33-24(34(21)4)26-32-16(3)13-39-26/h6-7,10,13,15,20,23H,8-9,11-12,14H2,1-5H3,(H,31,36)/t20-,23-/m0/s1. The van der Waals surface area contributed by atoms with Gasteiger partial charge in [-0.1, -0.05) is 17.7 Å². The maximum absolute atomic E-state index is 14.0. The van der Waals surface area contributed by atoms with E-state index in [2.05, 4.69) is 15.2 Å². The van der Waals surface area contributed by atoms with Gasteiger partial charge in [0.25, 0.3) is 0 Å². The summed E-state index contributed by atoms with van der Waals surface area (Å²) in [4.78, 5) is 40.3. The highest BCUT2D eigenvalue weighted by Gasteiger charge is 2.54. The Morgan fingerprint density at radius 3 is 2.67 bits per heavy atom. The predicted molar refractivity (Wildman–Crippen MR) is 149 cm³/mol. The number of nitrogens with zero attached hydrogens (tertiary/aromatic N) is 4. The molecule has 39 heavy (non-hydrogen) atoms. The van der Waals surface area contributed by atoms with Gasteiger partial charge >= 0.3 is 5.97 Å². The van der Waals surface area contributed by atoms with Crippen molar-refractivity contribution in [2.24, 2.45) is 10.4 Å². The van der Waals surface area contributed by atoms with Gasteiger partial charge in [-0.05, 0) is 57.6 Å². The molecule has 1 N–H and O–H groups in total. The summed E-state index contributed by atoms with van der Waals surface area (Å²) in [6.45, 7) is 6.91. The summed E-state index contributed by atoms with van der Waals surface area (Å²) in [6, 6.07) is 2.95. The van der Waals surface area contributed by atoms with Gasteiger partial charge in [0.2, 0.25) is 5.91 Å². The molecule has 1 aliphatic carbocycles. The van der Waals surface area contributed by atoms with Crippen molar-refractivity contribution in [2.45, 2.75) is 58.2 Å². The number of hydrogen-bond donors (Lipinski definition) is 1. The van der Waals surface area contributed by atoms with Crippen LogP contribution in [0, 0.1) is 18.2 Å². The highest BCUT2D eigenvalue weighted by Crippen LogP contribution is 2.55. The van der Waals surface area contributed by atoms with Crippen LogP contribution in [-0.2, 0) is 14.3 Å². The summed E-state index contributed by atoms with van der Waals surface area (Å²) in [7, 11) is 3.18. The molecule has 1 spiro atoms. The van der Waals surface area contributed by atoms with E-state index in [0.717, 1.165) is 31.5 Å². The maximum atomic E-state index is 14.0. The Hall–Kier alpha value is -2.82. The first-order chi connectivity index (χ1) is 18.5. The molecule has 2 fully saturated rings. The van der Waals surface area contributed by atoms with Crippen LogP contribution in [0.4, 0.5) is 4.39 Å². The topological polar surface area (TPSA) is 87.1 Å². The van der Waals surface area contributed by atoms with Crippen molar-refractivity contribution in [1.29, 1.82) is 0 Å². The molecule has 8 nitrogen and oxygen atoms in total. The van der Waals surface area contributed by atoms with Crippen molar-refractivity contribution in [1.82, 2.24) is 20.1 Å². The van der Waals surface area contributed by atoms with Crippen LogP contribution in [0.5, 0.6) is 0 Å². The molecule has 1 aromatic heterocycles. The van der Waals surface area contributed by atoms with Gasteiger partial charge in [-0.25, -0.2) is 14.2 Å². The number of amidine groups is 1. The number of benzene rings is 1. The normalized spacial score (nSPS) is 22.5. The third-order valence-corrected chi connectivity index (χ3v) is 8.96. The Morgan fingerprint density at radius 2 is 2.08 bits per heavy atom. The van der Waals surface area contributed by atoms with E-state index in [1.165, 1.54) is 30.6 Å². The number of aliphatic imine (C=N–C) groups is 1. The van der Waals surface area contributed by atoms with Crippen molar-refractivity contribution in [2.75, 3.05) is 27.2 Å². The number of likely N-dealkylation sites (tertiary alicyclic amines) is 1. The van der Waals surface area contributed by atoms with Crippen molar-refractivity contribution in [3.63, 3.8) is 0 Å². The quantitative estimate of drug-likeness (QED) is 0.491. The summed E-state index contributed by atoms with van der Waals surface area (Å²) in [5, 5.41) is 5.86. The highest BCUT2D eigenvalue weighted by atomic mass is 35.5. The van der Waals surface area contributed by atoms with Gasteiger partial charge in [0, 0.05) is 53.5 Å². The third kappa shape index (κ3) is 5.47. The number of rotatable bonds is 7. The van der Waals surface area contributed by atoms with Crippen LogP contribution in [0.1, 0.15) is 55.4 Å². The lowest BCUT2D eigenvalue weighted by atomic mass is 9.94. The molecule has 3 heterocycles. The number of ether oxygens (including phenoxy) is 1. The number of likely N-dealkylation sites (N-methyl/N-ethyl adjacent to an activating group) is 1. The molecule has 2 aliphatic heterocycles. The van der Waals surface area contributed by atoms with Gasteiger partial charge in [0.05, 0.1) is 18.7 Å². The molecule has 2 aromatic rings. The SMILES string of the molecule is COC(=O)C1=C(CN2CC3(CC3)C[C@H]2C(=O)NC(C)C)N(C)C(c2nc(C)cs2)=N[C@H]1c1ccc(F)cc1Cl. The fraction of sp³-hybridized carbons (Fsp3) is 0.500. The second-order valence-corrected chi connectivity index (χ2v) is 12.3. The number of aromatic nitrogens is 1. The molecule has 1 aromatic carbocycles. The van der Waals surface area contributed by atoms with Gasteiger partial charge in [-0.15, -0.1) is 11.3 Å². The molecule has 0 bridgehead atoms. The molecule has 208 valence electrons. The van der Waals surface area contributed by atoms with E-state index in [9.17, 15) is 14.0 Å². The number of aryl methyl sites for hydroxylation is 1. The second-order valence-electron chi connectivity index (χ2n) is 11.0. The number of thiazole rings is 1. The molecule has 5 rings (SSSR count). The summed E-state index contributed by atoms with van der Waals surface area (Å²) in [5.41, 5.74) is 2.45. The maximum Gasteiger partial charge on any atom is 0.338 e. The number of amides is 1. The summed E-state index contributed by atoms with van der Waals surface area (Å²) in [5.74, 6) is -0.463. The number of hydrogen-bond acceptors (Lipinski definition) is 8. The Labute approximate surface area is 236 Å². The van der Waals surface area contributed by atoms with Gasteiger partial charge in [-0.2, -0.15) is 0 Å². The Bertz CT molecular complexity index is 1370. The summed E-state index contributed by atoms with van der Waals surface area (Å²) >= 11 is 7.97. The zero-order valence-corrected chi connectivity index (χ0v) is 24.3. The monoisotopic (exact) mass is 573 g/mol. The van der Waals surface area contributed by atoms with E-state index in [1.807, 2.05) is 38.1 Å². The number of methoxy groups -OCH3 is 1. The Morgan fingerprint density at radius 1 is 1.33 bits per heavy atom. The first-order valence-electron chi connectivity index (χ1n) is 13.1.